The Morgan fingerprint density at radius 3 is 1.42 bits per heavy atom. The number of benzene rings is 4. The van der Waals surface area contributed by atoms with Gasteiger partial charge in [0.1, 0.15) is 0 Å². The van der Waals surface area contributed by atoms with Gasteiger partial charge in [-0.15, -0.1) is 0 Å². The van der Waals surface area contributed by atoms with Crippen LogP contribution in [0.1, 0.15) is 35.1 Å². The second kappa shape index (κ2) is 9.43. The molecular weight excluding hydrogens is 649 g/mol. The van der Waals surface area contributed by atoms with E-state index in [1.165, 1.54) is 11.1 Å². The molecule has 0 unspecified atom stereocenters. The van der Waals surface area contributed by atoms with Crippen molar-refractivity contribution in [3.8, 4) is 33.8 Å². The van der Waals surface area contributed by atoms with Crippen molar-refractivity contribution in [3.05, 3.63) is 107 Å². The third-order valence-corrected chi connectivity index (χ3v) is 8.48. The number of hydrogen-bond donors (Lipinski definition) is 2. The Hall–Kier alpha value is -1.92. The summed E-state index contributed by atoms with van der Waals surface area (Å²) < 4.78 is 11.9. The van der Waals surface area contributed by atoms with Gasteiger partial charge in [0.2, 0.25) is 0 Å². The van der Waals surface area contributed by atoms with Crippen LogP contribution in [0.3, 0.4) is 0 Å². The first-order valence-corrected chi connectivity index (χ1v) is 13.2. The van der Waals surface area contributed by atoms with Crippen LogP contribution >= 0.6 is 8.17 Å². The first-order valence-electron chi connectivity index (χ1n) is 11.7. The quantitative estimate of drug-likeness (QED) is 0.186. The van der Waals surface area contributed by atoms with Crippen LogP contribution in [-0.2, 0) is 57.2 Å². The summed E-state index contributed by atoms with van der Waals surface area (Å²) in [6.07, 6.45) is 3.78. The molecule has 2 radical (unpaired) electrons. The molecule has 2 N–H and O–H groups in total. The molecule has 0 amide bonds. The van der Waals surface area contributed by atoms with Gasteiger partial charge in [-0.25, -0.2) is 0 Å². The van der Waals surface area contributed by atoms with Crippen molar-refractivity contribution in [2.75, 3.05) is 0 Å². The van der Waals surface area contributed by atoms with Gasteiger partial charge in [0, 0.05) is 55.5 Å². The van der Waals surface area contributed by atoms with Crippen LogP contribution in [0.5, 0.6) is 11.5 Å². The summed E-state index contributed by atoms with van der Waals surface area (Å²) in [4.78, 5) is 21.8. The van der Waals surface area contributed by atoms with Gasteiger partial charge < -0.3 is 0 Å². The molecule has 7 rings (SSSR count). The summed E-state index contributed by atoms with van der Waals surface area (Å²) >= 11 is 0. The summed E-state index contributed by atoms with van der Waals surface area (Å²) in [5.41, 5.74) is 8.64. The van der Waals surface area contributed by atoms with Gasteiger partial charge in [-0.1, -0.05) is 72.8 Å². The molecule has 0 saturated carbocycles. The van der Waals surface area contributed by atoms with Crippen molar-refractivity contribution in [1.82, 2.24) is 0 Å². The largest absolute Gasteiger partial charge is 0.663 e. The fraction of sp³-hybridized carbons (Fsp3) is 0.172. The standard InChI is InChI=1S/C29H24O4P.2Rh/c30-34(31)32-25-17-23(19-7-3-1-4-8-19)15-21-11-13-29(27(21)25)14-12-22-16-24(18-26(33-34)28(22)29)20-9-5-2-6-10-20;;/h1-10,15-18,30-31H,11-14H2;;/q+1;;. The van der Waals surface area contributed by atoms with E-state index in [0.29, 0.717) is 11.5 Å². The van der Waals surface area contributed by atoms with E-state index in [2.05, 4.69) is 36.4 Å². The van der Waals surface area contributed by atoms with E-state index in [9.17, 15) is 9.79 Å². The molecule has 4 nitrogen and oxygen atoms in total. The van der Waals surface area contributed by atoms with Gasteiger partial charge in [-0.3, -0.25) is 9.05 Å². The maximum Gasteiger partial charge on any atom is 0.663 e. The summed E-state index contributed by atoms with van der Waals surface area (Å²) in [6.45, 7) is 0. The smallest absolute Gasteiger partial charge is 0.254 e. The van der Waals surface area contributed by atoms with Crippen molar-refractivity contribution in [3.63, 3.8) is 0 Å². The minimum absolute atomic E-state index is 0. The molecule has 36 heavy (non-hydrogen) atoms. The van der Waals surface area contributed by atoms with Crippen molar-refractivity contribution in [2.24, 2.45) is 0 Å². The molecule has 0 bridgehead atoms. The average molecular weight is 673 g/mol. The molecule has 4 aromatic carbocycles. The van der Waals surface area contributed by atoms with E-state index >= 15 is 0 Å². The molecule has 3 aliphatic rings. The van der Waals surface area contributed by atoms with Crippen molar-refractivity contribution in [1.29, 1.82) is 0 Å². The molecule has 0 saturated heterocycles. The van der Waals surface area contributed by atoms with Gasteiger partial charge >= 0.3 is 8.17 Å². The minimum Gasteiger partial charge on any atom is -0.254 e. The molecular formula is C29H24O4PRh2+. The minimum atomic E-state index is -4.14. The first kappa shape index (κ1) is 25.7. The topological polar surface area (TPSA) is 58.9 Å². The Morgan fingerprint density at radius 2 is 1.00 bits per heavy atom. The second-order valence-corrected chi connectivity index (χ2v) is 10.9. The zero-order valence-corrected chi connectivity index (χ0v) is 23.4. The molecule has 1 aliphatic heterocycles. The van der Waals surface area contributed by atoms with Crippen molar-refractivity contribution < 1.29 is 57.8 Å². The van der Waals surface area contributed by atoms with Gasteiger partial charge in [0.05, 0.1) is 0 Å². The number of rotatable bonds is 2. The molecule has 186 valence electrons. The molecule has 2 aliphatic carbocycles. The third kappa shape index (κ3) is 3.99. The average Bonchev–Trinajstić information content (AvgIpc) is 3.40. The van der Waals surface area contributed by atoms with E-state index in [1.807, 2.05) is 48.5 Å². The zero-order chi connectivity index (χ0) is 22.9. The van der Waals surface area contributed by atoms with E-state index < -0.39 is 8.17 Å². The molecule has 1 spiro atoms. The molecule has 7 heteroatoms. The Bertz CT molecular complexity index is 1330. The van der Waals surface area contributed by atoms with Gasteiger partial charge in [0.15, 0.2) is 11.5 Å². The van der Waals surface area contributed by atoms with E-state index in [4.69, 9.17) is 9.05 Å². The summed E-state index contributed by atoms with van der Waals surface area (Å²) in [6, 6.07) is 28.7. The molecule has 0 fully saturated rings. The summed E-state index contributed by atoms with van der Waals surface area (Å²) in [7, 11) is -4.14. The van der Waals surface area contributed by atoms with Crippen LogP contribution in [0, 0.1) is 0 Å². The van der Waals surface area contributed by atoms with Crippen LogP contribution < -0.4 is 9.05 Å². The zero-order valence-electron chi connectivity index (χ0n) is 19.2. The van der Waals surface area contributed by atoms with Crippen LogP contribution in [0.15, 0.2) is 84.9 Å². The molecule has 0 atom stereocenters. The van der Waals surface area contributed by atoms with E-state index in [-0.39, 0.29) is 44.4 Å². The maximum absolute atomic E-state index is 10.9. The van der Waals surface area contributed by atoms with Crippen LogP contribution in [-0.4, -0.2) is 9.79 Å². The van der Waals surface area contributed by atoms with Crippen molar-refractivity contribution in [2.45, 2.75) is 31.1 Å². The Morgan fingerprint density at radius 1 is 0.583 bits per heavy atom. The molecule has 1 heterocycles. The Balaban J connectivity index is 0.00000133. The fourth-order valence-electron chi connectivity index (χ4n) is 6.29. The SMILES string of the molecule is O[P+]1(O)Oc2cc(-c3ccccc3)cc3c2C2(CC3)CCc3cc(-c4ccccc4)cc(c32)O1.[Rh].[Rh]. The third-order valence-electron chi connectivity index (χ3n) is 7.62. The molecule has 0 aromatic heterocycles. The van der Waals surface area contributed by atoms with Crippen molar-refractivity contribution >= 4 is 8.17 Å². The van der Waals surface area contributed by atoms with Gasteiger partial charge in [-0.2, -0.15) is 9.79 Å². The predicted octanol–water partition coefficient (Wildman–Crippen LogP) is 6.63. The Kier molecular flexibility index (Phi) is 6.74. The van der Waals surface area contributed by atoms with Gasteiger partial charge in [-0.05, 0) is 71.2 Å². The fourth-order valence-corrected chi connectivity index (χ4v) is 7.12. The van der Waals surface area contributed by atoms with Crippen LogP contribution in [0.2, 0.25) is 0 Å². The monoisotopic (exact) mass is 673 g/mol. The number of aryl methyl sites for hydroxylation is 2. The van der Waals surface area contributed by atoms with Crippen LogP contribution in [0.4, 0.5) is 0 Å². The maximum atomic E-state index is 10.9. The van der Waals surface area contributed by atoms with E-state index in [1.54, 1.807) is 0 Å². The summed E-state index contributed by atoms with van der Waals surface area (Å²) in [5, 5.41) is 0. The predicted molar refractivity (Wildman–Crippen MR) is 134 cm³/mol. The number of hydrogen-bond acceptors (Lipinski definition) is 4. The van der Waals surface area contributed by atoms with E-state index in [0.717, 1.165) is 59.1 Å². The van der Waals surface area contributed by atoms with Gasteiger partial charge in [0.25, 0.3) is 0 Å². The normalized spacial score (nSPS) is 17.2. The molecule has 4 aromatic rings. The second-order valence-electron chi connectivity index (χ2n) is 9.50. The summed E-state index contributed by atoms with van der Waals surface area (Å²) in [5.74, 6) is 1.08. The first-order chi connectivity index (χ1) is 16.5. The van der Waals surface area contributed by atoms with Crippen LogP contribution in [0.25, 0.3) is 22.3 Å². The Labute approximate surface area is 236 Å².